The van der Waals surface area contributed by atoms with Gasteiger partial charge in [-0.15, -0.1) is 0 Å². The van der Waals surface area contributed by atoms with Gasteiger partial charge in [-0.25, -0.2) is 0 Å². The molecular formula is C13H19NO3. The van der Waals surface area contributed by atoms with Crippen molar-refractivity contribution in [2.45, 2.75) is 32.8 Å². The molecule has 0 bridgehead atoms. The first kappa shape index (κ1) is 13.5. The molecule has 0 aromatic heterocycles. The van der Waals surface area contributed by atoms with Crippen LogP contribution in [-0.4, -0.2) is 18.1 Å². The molecule has 0 saturated carbocycles. The molecule has 0 radical (unpaired) electrons. The Hall–Kier alpha value is -1.55. The summed E-state index contributed by atoms with van der Waals surface area (Å²) in [6.07, 6.45) is -0.125. The van der Waals surface area contributed by atoms with Crippen molar-refractivity contribution in [1.82, 2.24) is 0 Å². The minimum atomic E-state index is -0.660. The summed E-state index contributed by atoms with van der Waals surface area (Å²) in [6.45, 7) is 3.83. The zero-order valence-electron chi connectivity index (χ0n) is 10.5. The van der Waals surface area contributed by atoms with Crippen LogP contribution < -0.4 is 10.5 Å². The molecule has 1 aromatic carbocycles. The van der Waals surface area contributed by atoms with E-state index in [9.17, 15) is 9.90 Å². The molecule has 1 aromatic rings. The van der Waals surface area contributed by atoms with Gasteiger partial charge in [0.05, 0.1) is 13.2 Å². The summed E-state index contributed by atoms with van der Waals surface area (Å²) >= 11 is 0. The topological polar surface area (TPSA) is 72.6 Å². The summed E-state index contributed by atoms with van der Waals surface area (Å²) in [5.74, 6) is 0.403. The van der Waals surface area contributed by atoms with Gasteiger partial charge in [0.25, 0.3) is 0 Å². The fraction of sp³-hybridized carbons (Fsp3) is 0.462. The van der Waals surface area contributed by atoms with Crippen molar-refractivity contribution in [2.75, 3.05) is 7.11 Å². The normalized spacial score (nSPS) is 12.2. The van der Waals surface area contributed by atoms with E-state index in [4.69, 9.17) is 10.5 Å². The van der Waals surface area contributed by atoms with Crippen LogP contribution in [0.1, 0.15) is 35.6 Å². The lowest BCUT2D eigenvalue weighted by Gasteiger charge is -2.16. The number of nitrogens with two attached hydrogens (primary N) is 1. The predicted octanol–water partition coefficient (Wildman–Crippen LogP) is 1.61. The highest BCUT2D eigenvalue weighted by atomic mass is 16.5. The monoisotopic (exact) mass is 237 g/mol. The van der Waals surface area contributed by atoms with Crippen LogP contribution in [0.15, 0.2) is 12.1 Å². The summed E-state index contributed by atoms with van der Waals surface area (Å²) in [6, 6.07) is 3.78. The molecule has 0 aliphatic rings. The van der Waals surface area contributed by atoms with E-state index >= 15 is 0 Å². The van der Waals surface area contributed by atoms with E-state index in [1.807, 2.05) is 26.0 Å². The largest absolute Gasteiger partial charge is 0.496 e. The van der Waals surface area contributed by atoms with E-state index in [0.29, 0.717) is 6.42 Å². The number of ether oxygens (including phenoxy) is 1. The summed E-state index contributed by atoms with van der Waals surface area (Å²) in [5, 5.41) is 9.99. The minimum absolute atomic E-state index is 0.186. The maximum atomic E-state index is 10.7. The van der Waals surface area contributed by atoms with Gasteiger partial charge in [0.2, 0.25) is 5.91 Å². The van der Waals surface area contributed by atoms with Crippen LogP contribution in [0, 0.1) is 13.8 Å². The number of aliphatic hydroxyl groups excluding tert-OH is 1. The Kier molecular flexibility index (Phi) is 4.52. The Morgan fingerprint density at radius 2 is 2.06 bits per heavy atom. The molecule has 1 rings (SSSR count). The van der Waals surface area contributed by atoms with Crippen molar-refractivity contribution in [3.8, 4) is 5.75 Å². The van der Waals surface area contributed by atoms with Crippen LogP contribution in [0.4, 0.5) is 0 Å². The maximum absolute atomic E-state index is 10.7. The molecular weight excluding hydrogens is 218 g/mol. The maximum Gasteiger partial charge on any atom is 0.217 e. The van der Waals surface area contributed by atoms with Gasteiger partial charge in [-0.1, -0.05) is 0 Å². The molecule has 4 nitrogen and oxygen atoms in total. The third-order valence-electron chi connectivity index (χ3n) is 2.81. The first-order chi connectivity index (χ1) is 7.95. The SMILES string of the molecule is COc1cc(C)c(C(O)CCC(N)=O)cc1C. The number of aliphatic hydroxyl groups is 1. The number of carbonyl (C=O) groups excluding carboxylic acids is 1. The lowest BCUT2D eigenvalue weighted by Crippen LogP contribution is -2.12. The number of rotatable bonds is 5. The Balaban J connectivity index is 2.90. The second-order valence-corrected chi connectivity index (χ2v) is 4.20. The average molecular weight is 237 g/mol. The Morgan fingerprint density at radius 1 is 1.41 bits per heavy atom. The molecule has 0 aliphatic carbocycles. The highest BCUT2D eigenvalue weighted by Gasteiger charge is 2.13. The lowest BCUT2D eigenvalue weighted by molar-refractivity contribution is -0.118. The fourth-order valence-electron chi connectivity index (χ4n) is 1.83. The molecule has 1 atom stereocenters. The van der Waals surface area contributed by atoms with Crippen molar-refractivity contribution in [1.29, 1.82) is 0 Å². The first-order valence-corrected chi connectivity index (χ1v) is 5.57. The van der Waals surface area contributed by atoms with Crippen LogP contribution in [-0.2, 0) is 4.79 Å². The lowest BCUT2D eigenvalue weighted by atomic mass is 9.97. The second-order valence-electron chi connectivity index (χ2n) is 4.20. The number of hydrogen-bond acceptors (Lipinski definition) is 3. The van der Waals surface area contributed by atoms with Crippen molar-refractivity contribution in [2.24, 2.45) is 5.73 Å². The van der Waals surface area contributed by atoms with E-state index in [-0.39, 0.29) is 6.42 Å². The molecule has 0 fully saturated rings. The van der Waals surface area contributed by atoms with Gasteiger partial charge in [-0.05, 0) is 49.1 Å². The second kappa shape index (κ2) is 5.68. The molecule has 94 valence electrons. The summed E-state index contributed by atoms with van der Waals surface area (Å²) in [5.41, 5.74) is 7.80. The van der Waals surface area contributed by atoms with E-state index in [0.717, 1.165) is 22.4 Å². The van der Waals surface area contributed by atoms with Crippen molar-refractivity contribution < 1.29 is 14.6 Å². The van der Waals surface area contributed by atoms with Crippen LogP contribution >= 0.6 is 0 Å². The number of aryl methyl sites for hydroxylation is 2. The van der Waals surface area contributed by atoms with E-state index in [1.165, 1.54) is 0 Å². The zero-order valence-corrected chi connectivity index (χ0v) is 10.5. The van der Waals surface area contributed by atoms with E-state index < -0.39 is 12.0 Å². The molecule has 4 heteroatoms. The van der Waals surface area contributed by atoms with Gasteiger partial charge in [0, 0.05) is 6.42 Å². The number of primary amides is 1. The zero-order chi connectivity index (χ0) is 13.0. The molecule has 0 spiro atoms. The van der Waals surface area contributed by atoms with Gasteiger partial charge >= 0.3 is 0 Å². The third kappa shape index (κ3) is 3.46. The number of benzene rings is 1. The quantitative estimate of drug-likeness (QED) is 0.817. The summed E-state index contributed by atoms with van der Waals surface area (Å²) < 4.78 is 5.20. The molecule has 1 unspecified atom stereocenters. The van der Waals surface area contributed by atoms with Crippen molar-refractivity contribution in [3.05, 3.63) is 28.8 Å². The molecule has 17 heavy (non-hydrogen) atoms. The number of hydrogen-bond donors (Lipinski definition) is 2. The number of carbonyl (C=O) groups is 1. The summed E-state index contributed by atoms with van der Waals surface area (Å²) in [4.78, 5) is 10.7. The molecule has 0 aliphatic heterocycles. The third-order valence-corrected chi connectivity index (χ3v) is 2.81. The van der Waals surface area contributed by atoms with Gasteiger partial charge in [-0.3, -0.25) is 4.79 Å². The fourth-order valence-corrected chi connectivity index (χ4v) is 1.83. The first-order valence-electron chi connectivity index (χ1n) is 5.57. The predicted molar refractivity (Wildman–Crippen MR) is 65.9 cm³/mol. The summed E-state index contributed by atoms with van der Waals surface area (Å²) in [7, 11) is 1.62. The van der Waals surface area contributed by atoms with E-state index in [2.05, 4.69) is 0 Å². The van der Waals surface area contributed by atoms with Crippen LogP contribution in [0.5, 0.6) is 5.75 Å². The van der Waals surface area contributed by atoms with Crippen LogP contribution in [0.3, 0.4) is 0 Å². The Labute approximate surface area is 101 Å². The van der Waals surface area contributed by atoms with Crippen LogP contribution in [0.25, 0.3) is 0 Å². The standard InChI is InChI=1S/C13H19NO3/c1-8-7-12(17-3)9(2)6-10(8)11(15)4-5-13(14)16/h6-7,11,15H,4-5H2,1-3H3,(H2,14,16). The van der Waals surface area contributed by atoms with E-state index in [1.54, 1.807) is 7.11 Å². The Morgan fingerprint density at radius 3 is 2.59 bits per heavy atom. The number of methoxy groups -OCH3 is 1. The van der Waals surface area contributed by atoms with Crippen molar-refractivity contribution in [3.63, 3.8) is 0 Å². The number of amides is 1. The molecule has 3 N–H and O–H groups in total. The average Bonchev–Trinajstić information content (AvgIpc) is 2.28. The van der Waals surface area contributed by atoms with Crippen molar-refractivity contribution >= 4 is 5.91 Å². The molecule has 0 saturated heterocycles. The van der Waals surface area contributed by atoms with Gasteiger partial charge < -0.3 is 15.6 Å². The smallest absolute Gasteiger partial charge is 0.217 e. The Bertz CT molecular complexity index is 415. The highest BCUT2D eigenvalue weighted by Crippen LogP contribution is 2.28. The van der Waals surface area contributed by atoms with Gasteiger partial charge in [-0.2, -0.15) is 0 Å². The minimum Gasteiger partial charge on any atom is -0.496 e. The molecule has 0 heterocycles. The van der Waals surface area contributed by atoms with Gasteiger partial charge in [0.1, 0.15) is 5.75 Å². The van der Waals surface area contributed by atoms with Crippen LogP contribution in [0.2, 0.25) is 0 Å². The van der Waals surface area contributed by atoms with Gasteiger partial charge in [0.15, 0.2) is 0 Å². The highest BCUT2D eigenvalue weighted by molar-refractivity contribution is 5.73. The molecule has 1 amide bonds.